The standard InChI is InChI=1S/C28H23NO5/c1-15-5-12-22-21(13-15)25(30)23-24(18-7-9-19(10-8-18)28(32)33-4)29(27(31)26(23)34-22)20-11-6-16(2)17(3)14-20/h5-14,24H,1-4H3. The average Bonchev–Trinajstić information content (AvgIpc) is 3.13. The molecule has 5 rings (SSSR count). The molecule has 170 valence electrons. The molecule has 0 aliphatic carbocycles. The minimum absolute atomic E-state index is 0.0432. The van der Waals surface area contributed by atoms with E-state index in [0.29, 0.717) is 33.3 Å². The molecule has 1 unspecified atom stereocenters. The Morgan fingerprint density at radius 2 is 1.65 bits per heavy atom. The predicted octanol–water partition coefficient (Wildman–Crippen LogP) is 5.25. The van der Waals surface area contributed by atoms with Gasteiger partial charge in [0.25, 0.3) is 5.91 Å². The number of methoxy groups -OCH3 is 1. The number of carbonyl (C=O) groups excluding carboxylic acids is 2. The van der Waals surface area contributed by atoms with Gasteiger partial charge in [-0.2, -0.15) is 0 Å². The van der Waals surface area contributed by atoms with Crippen molar-refractivity contribution in [3.8, 4) is 0 Å². The minimum Gasteiger partial charge on any atom is -0.465 e. The van der Waals surface area contributed by atoms with Crippen molar-refractivity contribution in [2.45, 2.75) is 26.8 Å². The van der Waals surface area contributed by atoms with E-state index in [0.717, 1.165) is 16.7 Å². The summed E-state index contributed by atoms with van der Waals surface area (Å²) in [5.41, 5.74) is 5.24. The molecule has 3 aromatic carbocycles. The number of aryl methyl sites for hydroxylation is 3. The maximum absolute atomic E-state index is 13.7. The molecule has 6 heteroatoms. The minimum atomic E-state index is -0.697. The Hall–Kier alpha value is -4.19. The zero-order chi connectivity index (χ0) is 24.1. The van der Waals surface area contributed by atoms with E-state index >= 15 is 0 Å². The van der Waals surface area contributed by atoms with Gasteiger partial charge < -0.3 is 9.15 Å². The number of amides is 1. The molecule has 1 aliphatic rings. The molecule has 1 aromatic heterocycles. The first kappa shape index (κ1) is 21.6. The Morgan fingerprint density at radius 1 is 0.912 bits per heavy atom. The quantitative estimate of drug-likeness (QED) is 0.396. The zero-order valence-electron chi connectivity index (χ0n) is 19.3. The van der Waals surface area contributed by atoms with Crippen LogP contribution < -0.4 is 10.3 Å². The van der Waals surface area contributed by atoms with E-state index in [1.807, 2.05) is 45.0 Å². The molecule has 1 aliphatic heterocycles. The lowest BCUT2D eigenvalue weighted by Crippen LogP contribution is -2.29. The van der Waals surface area contributed by atoms with Crippen LogP contribution in [0.25, 0.3) is 11.0 Å². The summed E-state index contributed by atoms with van der Waals surface area (Å²) in [6.07, 6.45) is 0. The van der Waals surface area contributed by atoms with Crippen LogP contribution in [0.4, 0.5) is 5.69 Å². The van der Waals surface area contributed by atoms with E-state index < -0.39 is 12.0 Å². The molecule has 0 radical (unpaired) electrons. The number of hydrogen-bond acceptors (Lipinski definition) is 5. The van der Waals surface area contributed by atoms with Crippen molar-refractivity contribution in [1.29, 1.82) is 0 Å². The van der Waals surface area contributed by atoms with Gasteiger partial charge in [0.15, 0.2) is 5.43 Å². The number of fused-ring (bicyclic) bond motifs is 2. The number of rotatable bonds is 3. The van der Waals surface area contributed by atoms with Crippen molar-refractivity contribution in [3.05, 3.63) is 110 Å². The Bertz CT molecular complexity index is 1530. The van der Waals surface area contributed by atoms with Gasteiger partial charge in [-0.1, -0.05) is 29.8 Å². The first-order valence-electron chi connectivity index (χ1n) is 11.0. The fraction of sp³-hybridized carbons (Fsp3) is 0.179. The highest BCUT2D eigenvalue weighted by molar-refractivity contribution is 6.10. The maximum Gasteiger partial charge on any atom is 0.337 e. The lowest BCUT2D eigenvalue weighted by atomic mass is 9.96. The third kappa shape index (κ3) is 3.30. The molecule has 1 amide bonds. The highest BCUT2D eigenvalue weighted by Crippen LogP contribution is 2.41. The van der Waals surface area contributed by atoms with Crippen LogP contribution in [0, 0.1) is 20.8 Å². The monoisotopic (exact) mass is 453 g/mol. The lowest BCUT2D eigenvalue weighted by molar-refractivity contribution is 0.0600. The Labute approximate surface area is 196 Å². The number of benzene rings is 3. The van der Waals surface area contributed by atoms with Crippen LogP contribution in [-0.2, 0) is 4.74 Å². The van der Waals surface area contributed by atoms with Gasteiger partial charge in [0.1, 0.15) is 5.58 Å². The topological polar surface area (TPSA) is 76.8 Å². The summed E-state index contributed by atoms with van der Waals surface area (Å²) in [6.45, 7) is 5.89. The normalized spacial score (nSPS) is 15.0. The number of hydrogen-bond donors (Lipinski definition) is 0. The van der Waals surface area contributed by atoms with Crippen LogP contribution in [0.5, 0.6) is 0 Å². The Balaban J connectivity index is 1.77. The summed E-state index contributed by atoms with van der Waals surface area (Å²) in [5, 5.41) is 0.435. The van der Waals surface area contributed by atoms with Crippen molar-refractivity contribution < 1.29 is 18.7 Å². The van der Waals surface area contributed by atoms with Gasteiger partial charge in [-0.05, 0) is 73.9 Å². The number of anilines is 1. The van der Waals surface area contributed by atoms with Crippen molar-refractivity contribution in [1.82, 2.24) is 0 Å². The van der Waals surface area contributed by atoms with E-state index in [-0.39, 0.29) is 17.1 Å². The highest BCUT2D eigenvalue weighted by Gasteiger charge is 2.43. The summed E-state index contributed by atoms with van der Waals surface area (Å²) in [7, 11) is 1.32. The van der Waals surface area contributed by atoms with Crippen molar-refractivity contribution in [2.75, 3.05) is 12.0 Å². The van der Waals surface area contributed by atoms with E-state index in [4.69, 9.17) is 9.15 Å². The van der Waals surface area contributed by atoms with Crippen LogP contribution in [0.2, 0.25) is 0 Å². The van der Waals surface area contributed by atoms with Crippen LogP contribution in [0.3, 0.4) is 0 Å². The van der Waals surface area contributed by atoms with Crippen LogP contribution in [-0.4, -0.2) is 19.0 Å². The first-order chi connectivity index (χ1) is 16.3. The van der Waals surface area contributed by atoms with Gasteiger partial charge >= 0.3 is 5.97 Å². The van der Waals surface area contributed by atoms with E-state index in [1.54, 1.807) is 41.3 Å². The van der Waals surface area contributed by atoms with Gasteiger partial charge in [0, 0.05) is 5.69 Å². The summed E-state index contributed by atoms with van der Waals surface area (Å²) in [4.78, 5) is 40.9. The lowest BCUT2D eigenvalue weighted by Gasteiger charge is -2.26. The summed E-state index contributed by atoms with van der Waals surface area (Å²) in [6, 6.07) is 17.2. The molecule has 0 saturated carbocycles. The Kier molecular flexibility index (Phi) is 5.09. The molecule has 6 nitrogen and oxygen atoms in total. The van der Waals surface area contributed by atoms with E-state index in [1.165, 1.54) is 7.11 Å². The molecule has 34 heavy (non-hydrogen) atoms. The van der Waals surface area contributed by atoms with Crippen molar-refractivity contribution >= 4 is 28.5 Å². The van der Waals surface area contributed by atoms with Gasteiger partial charge in [-0.15, -0.1) is 0 Å². The summed E-state index contributed by atoms with van der Waals surface area (Å²) >= 11 is 0. The predicted molar refractivity (Wildman–Crippen MR) is 130 cm³/mol. The van der Waals surface area contributed by atoms with E-state index in [9.17, 15) is 14.4 Å². The molecule has 0 spiro atoms. The fourth-order valence-electron chi connectivity index (χ4n) is 4.46. The molecule has 0 fully saturated rings. The maximum atomic E-state index is 13.7. The van der Waals surface area contributed by atoms with Crippen LogP contribution in [0.1, 0.15) is 54.8 Å². The van der Waals surface area contributed by atoms with Crippen LogP contribution >= 0.6 is 0 Å². The molecule has 0 bridgehead atoms. The van der Waals surface area contributed by atoms with Crippen molar-refractivity contribution in [3.63, 3.8) is 0 Å². The molecule has 0 saturated heterocycles. The number of esters is 1. The number of carbonyl (C=O) groups is 2. The van der Waals surface area contributed by atoms with Crippen molar-refractivity contribution in [2.24, 2.45) is 0 Å². The van der Waals surface area contributed by atoms with Gasteiger partial charge in [0.05, 0.1) is 29.7 Å². The third-order valence-corrected chi connectivity index (χ3v) is 6.44. The van der Waals surface area contributed by atoms with Gasteiger partial charge in [-0.25, -0.2) is 4.79 Å². The third-order valence-electron chi connectivity index (χ3n) is 6.44. The largest absolute Gasteiger partial charge is 0.465 e. The molecule has 0 N–H and O–H groups in total. The molecule has 2 heterocycles. The summed E-state index contributed by atoms with van der Waals surface area (Å²) < 4.78 is 10.8. The SMILES string of the molecule is COC(=O)c1ccc(C2c3c(oc4ccc(C)cc4c3=O)C(=O)N2c2ccc(C)c(C)c2)cc1. The molecule has 1 atom stereocenters. The van der Waals surface area contributed by atoms with E-state index in [2.05, 4.69) is 0 Å². The second kappa shape index (κ2) is 7.99. The zero-order valence-corrected chi connectivity index (χ0v) is 19.3. The van der Waals surface area contributed by atoms with Gasteiger partial charge in [0.2, 0.25) is 5.76 Å². The first-order valence-corrected chi connectivity index (χ1v) is 11.0. The smallest absolute Gasteiger partial charge is 0.337 e. The summed E-state index contributed by atoms with van der Waals surface area (Å²) in [5.74, 6) is -0.789. The molecule has 4 aromatic rings. The molecular formula is C28H23NO5. The number of ether oxygens (including phenoxy) is 1. The second-order valence-corrected chi connectivity index (χ2v) is 8.63. The average molecular weight is 453 g/mol. The molecular weight excluding hydrogens is 430 g/mol. The highest BCUT2D eigenvalue weighted by atomic mass is 16.5. The van der Waals surface area contributed by atoms with Gasteiger partial charge in [-0.3, -0.25) is 14.5 Å². The second-order valence-electron chi connectivity index (χ2n) is 8.63. The van der Waals surface area contributed by atoms with Crippen LogP contribution in [0.15, 0.2) is 69.9 Å². The Morgan fingerprint density at radius 3 is 2.32 bits per heavy atom. The number of nitrogens with zero attached hydrogens (tertiary/aromatic N) is 1. The fourth-order valence-corrected chi connectivity index (χ4v) is 4.46.